The second kappa shape index (κ2) is 3.70. The van der Waals surface area contributed by atoms with Gasteiger partial charge in [-0.05, 0) is 43.9 Å². The molecule has 2 rings (SSSR count). The molecule has 0 atom stereocenters. The zero-order valence-corrected chi connectivity index (χ0v) is 9.30. The van der Waals surface area contributed by atoms with E-state index in [1.807, 2.05) is 12.1 Å². The molecule has 0 amide bonds. The minimum Gasteiger partial charge on any atom is -0.490 e. The van der Waals surface area contributed by atoms with Crippen LogP contribution in [0.5, 0.6) is 5.75 Å². The Morgan fingerprint density at radius 2 is 2.15 bits per heavy atom. The van der Waals surface area contributed by atoms with Gasteiger partial charge in [-0.3, -0.25) is 0 Å². The van der Waals surface area contributed by atoms with E-state index in [4.69, 9.17) is 4.74 Å². The summed E-state index contributed by atoms with van der Waals surface area (Å²) in [4.78, 5) is 0. The van der Waals surface area contributed by atoms with Crippen LogP contribution in [-0.4, -0.2) is 6.10 Å². The third-order valence-corrected chi connectivity index (χ3v) is 3.35. The molecule has 0 unspecified atom stereocenters. The van der Waals surface area contributed by atoms with Gasteiger partial charge in [-0.25, -0.2) is 0 Å². The van der Waals surface area contributed by atoms with E-state index in [9.17, 15) is 0 Å². The molecule has 70 valence electrons. The Morgan fingerprint density at radius 3 is 2.69 bits per heavy atom. The molecule has 1 aromatic rings. The summed E-state index contributed by atoms with van der Waals surface area (Å²) in [6.45, 7) is 2.08. The van der Waals surface area contributed by atoms with E-state index in [2.05, 4.69) is 28.9 Å². The van der Waals surface area contributed by atoms with Gasteiger partial charge in [0.05, 0.1) is 6.10 Å². The third-order valence-electron chi connectivity index (χ3n) is 2.50. The Kier molecular flexibility index (Phi) is 2.58. The third kappa shape index (κ3) is 2.05. The van der Waals surface area contributed by atoms with Crippen LogP contribution in [0.2, 0.25) is 0 Å². The molecule has 0 heterocycles. The smallest absolute Gasteiger partial charge is 0.120 e. The van der Waals surface area contributed by atoms with Crippen molar-refractivity contribution in [3.63, 3.8) is 0 Å². The fourth-order valence-electron chi connectivity index (χ4n) is 1.33. The zero-order valence-electron chi connectivity index (χ0n) is 7.72. The molecule has 1 saturated carbocycles. The average Bonchev–Trinajstić information content (AvgIpc) is 2.04. The van der Waals surface area contributed by atoms with Gasteiger partial charge in [-0.1, -0.05) is 22.0 Å². The molecule has 1 aliphatic carbocycles. The van der Waals surface area contributed by atoms with E-state index in [0.717, 1.165) is 10.2 Å². The van der Waals surface area contributed by atoms with Crippen molar-refractivity contribution in [2.24, 2.45) is 0 Å². The molecule has 0 saturated heterocycles. The van der Waals surface area contributed by atoms with Crippen molar-refractivity contribution in [2.75, 3.05) is 0 Å². The quantitative estimate of drug-likeness (QED) is 0.767. The Morgan fingerprint density at radius 1 is 1.38 bits per heavy atom. The van der Waals surface area contributed by atoms with Gasteiger partial charge < -0.3 is 4.74 Å². The predicted octanol–water partition coefficient (Wildman–Crippen LogP) is 3.69. The predicted molar refractivity (Wildman–Crippen MR) is 57.1 cm³/mol. The summed E-state index contributed by atoms with van der Waals surface area (Å²) in [5, 5.41) is 0. The van der Waals surface area contributed by atoms with Gasteiger partial charge >= 0.3 is 0 Å². The highest BCUT2D eigenvalue weighted by atomic mass is 79.9. The van der Waals surface area contributed by atoms with Gasteiger partial charge in [0.25, 0.3) is 0 Å². The molecule has 0 radical (unpaired) electrons. The first kappa shape index (κ1) is 9.07. The number of ether oxygens (including phenoxy) is 1. The van der Waals surface area contributed by atoms with E-state index >= 15 is 0 Å². The SMILES string of the molecule is Cc1ccc(OC2CCC2)cc1Br. The van der Waals surface area contributed by atoms with Crippen LogP contribution in [0.4, 0.5) is 0 Å². The molecule has 2 heteroatoms. The highest BCUT2D eigenvalue weighted by Gasteiger charge is 2.18. The summed E-state index contributed by atoms with van der Waals surface area (Å²) in [6, 6.07) is 6.17. The largest absolute Gasteiger partial charge is 0.490 e. The van der Waals surface area contributed by atoms with Crippen molar-refractivity contribution in [3.05, 3.63) is 28.2 Å². The Labute approximate surface area is 87.2 Å². The summed E-state index contributed by atoms with van der Waals surface area (Å²) < 4.78 is 6.89. The van der Waals surface area contributed by atoms with Gasteiger partial charge in [0, 0.05) is 4.47 Å². The van der Waals surface area contributed by atoms with Crippen LogP contribution in [0.1, 0.15) is 24.8 Å². The number of rotatable bonds is 2. The summed E-state index contributed by atoms with van der Waals surface area (Å²) >= 11 is 3.50. The minimum absolute atomic E-state index is 0.467. The van der Waals surface area contributed by atoms with Gasteiger partial charge in [0.15, 0.2) is 0 Å². The van der Waals surface area contributed by atoms with Crippen molar-refractivity contribution in [1.82, 2.24) is 0 Å². The van der Waals surface area contributed by atoms with E-state index in [1.165, 1.54) is 24.8 Å². The fraction of sp³-hybridized carbons (Fsp3) is 0.455. The number of hydrogen-bond acceptors (Lipinski definition) is 1. The molecule has 0 aliphatic heterocycles. The first-order valence-corrected chi connectivity index (χ1v) is 5.48. The fourth-order valence-corrected chi connectivity index (χ4v) is 1.69. The maximum Gasteiger partial charge on any atom is 0.120 e. The first-order valence-electron chi connectivity index (χ1n) is 4.68. The van der Waals surface area contributed by atoms with Crippen LogP contribution in [0.15, 0.2) is 22.7 Å². The van der Waals surface area contributed by atoms with Crippen molar-refractivity contribution in [2.45, 2.75) is 32.3 Å². The van der Waals surface area contributed by atoms with Crippen LogP contribution in [0, 0.1) is 6.92 Å². The van der Waals surface area contributed by atoms with E-state index in [1.54, 1.807) is 0 Å². The monoisotopic (exact) mass is 240 g/mol. The molecule has 1 aromatic carbocycles. The van der Waals surface area contributed by atoms with Crippen molar-refractivity contribution < 1.29 is 4.74 Å². The van der Waals surface area contributed by atoms with Gasteiger partial charge in [0.1, 0.15) is 5.75 Å². The van der Waals surface area contributed by atoms with Gasteiger partial charge in [-0.2, -0.15) is 0 Å². The summed E-state index contributed by atoms with van der Waals surface area (Å²) in [5.74, 6) is 0.988. The van der Waals surface area contributed by atoms with Crippen LogP contribution in [-0.2, 0) is 0 Å². The second-order valence-corrected chi connectivity index (χ2v) is 4.44. The van der Waals surface area contributed by atoms with E-state index in [0.29, 0.717) is 6.10 Å². The summed E-state index contributed by atoms with van der Waals surface area (Å²) in [6.07, 6.45) is 4.21. The lowest BCUT2D eigenvalue weighted by atomic mass is 9.96. The normalized spacial score (nSPS) is 16.8. The lowest BCUT2D eigenvalue weighted by molar-refractivity contribution is 0.120. The van der Waals surface area contributed by atoms with Crippen LogP contribution in [0.25, 0.3) is 0 Å². The first-order chi connectivity index (χ1) is 6.25. The average molecular weight is 241 g/mol. The Hall–Kier alpha value is -0.500. The summed E-state index contributed by atoms with van der Waals surface area (Å²) in [7, 11) is 0. The highest BCUT2D eigenvalue weighted by molar-refractivity contribution is 9.10. The van der Waals surface area contributed by atoms with Crippen molar-refractivity contribution >= 4 is 15.9 Å². The molecule has 1 nitrogen and oxygen atoms in total. The van der Waals surface area contributed by atoms with Crippen LogP contribution in [0.3, 0.4) is 0 Å². The van der Waals surface area contributed by atoms with Crippen LogP contribution >= 0.6 is 15.9 Å². The number of hydrogen-bond donors (Lipinski definition) is 0. The van der Waals surface area contributed by atoms with E-state index < -0.39 is 0 Å². The number of benzene rings is 1. The van der Waals surface area contributed by atoms with Gasteiger partial charge in [-0.15, -0.1) is 0 Å². The number of halogens is 1. The molecule has 1 aliphatic rings. The minimum atomic E-state index is 0.467. The lowest BCUT2D eigenvalue weighted by Gasteiger charge is -2.26. The Balaban J connectivity index is 2.07. The van der Waals surface area contributed by atoms with Gasteiger partial charge in [0.2, 0.25) is 0 Å². The van der Waals surface area contributed by atoms with E-state index in [-0.39, 0.29) is 0 Å². The molecular formula is C11H13BrO. The lowest BCUT2D eigenvalue weighted by Crippen LogP contribution is -2.24. The number of aryl methyl sites for hydroxylation is 1. The topological polar surface area (TPSA) is 9.23 Å². The molecule has 0 aromatic heterocycles. The maximum absolute atomic E-state index is 5.76. The van der Waals surface area contributed by atoms with Crippen LogP contribution < -0.4 is 4.74 Å². The molecule has 0 spiro atoms. The van der Waals surface area contributed by atoms with Crippen molar-refractivity contribution in [3.8, 4) is 5.75 Å². The molecule has 13 heavy (non-hydrogen) atoms. The molecule has 0 bridgehead atoms. The van der Waals surface area contributed by atoms with Crippen molar-refractivity contribution in [1.29, 1.82) is 0 Å². The zero-order chi connectivity index (χ0) is 9.26. The molecular weight excluding hydrogens is 228 g/mol. The Bertz CT molecular complexity index is 305. The summed E-state index contributed by atoms with van der Waals surface area (Å²) in [5.41, 5.74) is 1.25. The second-order valence-electron chi connectivity index (χ2n) is 3.58. The standard InChI is InChI=1S/C11H13BrO/c1-8-5-6-10(7-11(8)12)13-9-3-2-4-9/h5-7,9H,2-4H2,1H3. The molecule has 1 fully saturated rings. The highest BCUT2D eigenvalue weighted by Crippen LogP contribution is 2.28. The maximum atomic E-state index is 5.76. The molecule has 0 N–H and O–H groups in total.